The van der Waals surface area contributed by atoms with Crippen LogP contribution in [0.5, 0.6) is 5.75 Å². The molecular weight excluding hydrogens is 630 g/mol. The maximum atomic E-state index is 14.4. The number of hydroxylamine groups is 2. The number of fused-ring (bicyclic) bond motifs is 4. The van der Waals surface area contributed by atoms with Gasteiger partial charge in [-0.25, -0.2) is 0 Å². The minimum atomic E-state index is -1.31. The van der Waals surface area contributed by atoms with Gasteiger partial charge in [0, 0.05) is 37.8 Å². The Morgan fingerprint density at radius 3 is 2.51 bits per heavy atom. The Morgan fingerprint density at radius 1 is 0.980 bits per heavy atom. The molecule has 0 unspecified atom stereocenters. The van der Waals surface area contributed by atoms with Gasteiger partial charge in [0.1, 0.15) is 35.6 Å². The number of amides is 2. The molecule has 3 aliphatic carbocycles. The molecule has 260 valence electrons. The average Bonchev–Trinajstić information content (AvgIpc) is 4.04. The van der Waals surface area contributed by atoms with Crippen molar-refractivity contribution < 1.29 is 43.6 Å². The summed E-state index contributed by atoms with van der Waals surface area (Å²) in [5.74, 6) is -1.14. The predicted octanol–water partition coefficient (Wildman–Crippen LogP) is 2.36. The van der Waals surface area contributed by atoms with Crippen LogP contribution in [-0.2, 0) is 46.4 Å². The highest BCUT2D eigenvalue weighted by Crippen LogP contribution is 2.63. The number of rotatable bonds is 13. The molecule has 8 rings (SSSR count). The molecule has 3 aliphatic heterocycles. The lowest BCUT2D eigenvalue weighted by molar-refractivity contribution is -0.235. The minimum absolute atomic E-state index is 0.0257. The van der Waals surface area contributed by atoms with Crippen molar-refractivity contribution in [2.75, 3.05) is 19.7 Å². The molecule has 12 heteroatoms. The van der Waals surface area contributed by atoms with Gasteiger partial charge in [0.2, 0.25) is 11.8 Å². The van der Waals surface area contributed by atoms with Crippen molar-refractivity contribution in [1.82, 2.24) is 15.7 Å². The van der Waals surface area contributed by atoms with Gasteiger partial charge in [-0.05, 0) is 54.9 Å². The van der Waals surface area contributed by atoms with Gasteiger partial charge in [0.05, 0.1) is 13.2 Å². The number of benzene rings is 2. The number of allylic oxidation sites excluding steroid dienone is 1. The standard InChI is InChI=1S/C37H43N3O9/c41-18-17-38-29(43)15-16-39-35(45)36-20-28-30-31(48-37(47-30,25-11-12-25)26-13-14-26)33(36)49-40(32(36)34(44)46-28)21-23-7-3-5-22(19-23)6-4-9-24-8-1-2-10-27(24)42/h1-8,10,19,25-26,28,30-33,41-42H,9,11-18,20-21H2,(H,38,43)(H,39,45)/t28-,30+,31+,32+,33-,36+/m1/s1. The van der Waals surface area contributed by atoms with Crippen molar-refractivity contribution in [1.29, 1.82) is 0 Å². The van der Waals surface area contributed by atoms with Crippen LogP contribution in [0.2, 0.25) is 0 Å². The van der Waals surface area contributed by atoms with Gasteiger partial charge in [-0.15, -0.1) is 0 Å². The molecule has 2 amide bonds. The summed E-state index contributed by atoms with van der Waals surface area (Å²) in [4.78, 5) is 47.2. The monoisotopic (exact) mass is 673 g/mol. The molecule has 0 aromatic heterocycles. The summed E-state index contributed by atoms with van der Waals surface area (Å²) < 4.78 is 19.8. The van der Waals surface area contributed by atoms with Crippen molar-refractivity contribution in [2.45, 2.75) is 87.7 Å². The molecule has 49 heavy (non-hydrogen) atoms. The lowest BCUT2D eigenvalue weighted by Gasteiger charge is -2.48. The largest absolute Gasteiger partial charge is 0.508 e. The second-order valence-electron chi connectivity index (χ2n) is 14.2. The molecule has 6 fully saturated rings. The van der Waals surface area contributed by atoms with Gasteiger partial charge in [-0.3, -0.25) is 19.2 Å². The van der Waals surface area contributed by atoms with Crippen LogP contribution in [0.1, 0.15) is 55.2 Å². The molecule has 6 atom stereocenters. The fourth-order valence-electron chi connectivity index (χ4n) is 8.38. The van der Waals surface area contributed by atoms with Gasteiger partial charge in [-0.2, -0.15) is 5.06 Å². The highest BCUT2D eigenvalue weighted by molar-refractivity contribution is 5.94. The Bertz CT molecular complexity index is 1630. The van der Waals surface area contributed by atoms with Crippen molar-refractivity contribution in [2.24, 2.45) is 17.3 Å². The number of aliphatic hydroxyl groups excluding tert-OH is 1. The van der Waals surface area contributed by atoms with E-state index in [4.69, 9.17) is 24.2 Å². The van der Waals surface area contributed by atoms with Crippen LogP contribution in [0.4, 0.5) is 0 Å². The first-order valence-electron chi connectivity index (χ1n) is 17.5. The number of carbonyl (C=O) groups is 3. The SMILES string of the molecule is O=C(CCNC(=O)[C@@]12C[C@H]3OC(=O)[C@@H]1N(Cc1cccc(C=CCc4ccccc4O)c1)O[C@@H]2[C@H]1OC(C2CC2)(C2CC2)O[C@H]13)NCCO. The summed E-state index contributed by atoms with van der Waals surface area (Å²) >= 11 is 0. The smallest absolute Gasteiger partial charge is 0.327 e. The lowest BCUT2D eigenvalue weighted by Crippen LogP contribution is -2.69. The van der Waals surface area contributed by atoms with Crippen LogP contribution < -0.4 is 10.6 Å². The van der Waals surface area contributed by atoms with E-state index in [1.807, 2.05) is 48.6 Å². The van der Waals surface area contributed by atoms with E-state index in [2.05, 4.69) is 10.6 Å². The third kappa shape index (κ3) is 5.83. The van der Waals surface area contributed by atoms with Gasteiger partial charge >= 0.3 is 5.97 Å². The summed E-state index contributed by atoms with van der Waals surface area (Å²) in [6.45, 7) is 0.239. The number of phenolic OH excluding ortho intramolecular Hbond substituents is 1. The highest BCUT2D eigenvalue weighted by Gasteiger charge is 2.78. The van der Waals surface area contributed by atoms with E-state index in [1.165, 1.54) is 0 Å². The number of aliphatic hydroxyl groups is 1. The Kier molecular flexibility index (Phi) is 8.48. The molecule has 2 aromatic carbocycles. The maximum Gasteiger partial charge on any atom is 0.327 e. The third-order valence-corrected chi connectivity index (χ3v) is 10.9. The molecule has 12 nitrogen and oxygen atoms in total. The number of esters is 1. The van der Waals surface area contributed by atoms with E-state index < -0.39 is 47.6 Å². The molecule has 0 spiro atoms. The Labute approximate surface area is 284 Å². The van der Waals surface area contributed by atoms with Gasteiger partial charge in [-0.1, -0.05) is 54.6 Å². The van der Waals surface area contributed by atoms with Gasteiger partial charge < -0.3 is 35.1 Å². The molecule has 2 aromatic rings. The zero-order chi connectivity index (χ0) is 33.8. The summed E-state index contributed by atoms with van der Waals surface area (Å²) in [5, 5.41) is 26.3. The fourth-order valence-corrected chi connectivity index (χ4v) is 8.38. The molecule has 3 heterocycles. The summed E-state index contributed by atoms with van der Waals surface area (Å²) in [6, 6.07) is 14.1. The third-order valence-electron chi connectivity index (χ3n) is 10.9. The van der Waals surface area contributed by atoms with Crippen LogP contribution in [-0.4, -0.2) is 89.0 Å². The highest BCUT2D eigenvalue weighted by atomic mass is 16.8. The molecular formula is C37H43N3O9. The number of para-hydroxylation sites is 1. The first-order valence-corrected chi connectivity index (χ1v) is 17.5. The number of phenols is 1. The summed E-state index contributed by atoms with van der Waals surface area (Å²) in [7, 11) is 0. The first-order chi connectivity index (χ1) is 23.8. The van der Waals surface area contributed by atoms with Crippen LogP contribution >= 0.6 is 0 Å². The number of ether oxygens (including phenoxy) is 3. The Balaban J connectivity index is 1.06. The van der Waals surface area contributed by atoms with Crippen molar-refractivity contribution in [3.05, 3.63) is 71.3 Å². The summed E-state index contributed by atoms with van der Waals surface area (Å²) in [6.07, 6.45) is 6.23. The Hall–Kier alpha value is -3.81. The Morgan fingerprint density at radius 2 is 1.76 bits per heavy atom. The number of nitrogens with zero attached hydrogens (tertiary/aromatic N) is 1. The zero-order valence-electron chi connectivity index (χ0n) is 27.3. The van der Waals surface area contributed by atoms with E-state index in [0.29, 0.717) is 6.42 Å². The summed E-state index contributed by atoms with van der Waals surface area (Å²) in [5.41, 5.74) is 1.33. The van der Waals surface area contributed by atoms with Crippen LogP contribution in [0.3, 0.4) is 0 Å². The molecule has 4 N–H and O–H groups in total. The minimum Gasteiger partial charge on any atom is -0.508 e. The van der Waals surface area contributed by atoms with Crippen LogP contribution in [0, 0.1) is 17.3 Å². The lowest BCUT2D eigenvalue weighted by atomic mass is 9.62. The van der Waals surface area contributed by atoms with E-state index >= 15 is 0 Å². The zero-order valence-corrected chi connectivity index (χ0v) is 27.3. The van der Waals surface area contributed by atoms with Gasteiger partial charge in [0.25, 0.3) is 0 Å². The van der Waals surface area contributed by atoms with Gasteiger partial charge in [0.15, 0.2) is 11.8 Å². The molecule has 2 bridgehead atoms. The molecule has 3 saturated heterocycles. The normalized spacial score (nSPS) is 31.4. The predicted molar refractivity (Wildman–Crippen MR) is 174 cm³/mol. The molecule has 6 aliphatic rings. The fraction of sp³-hybridized carbons (Fsp3) is 0.541. The quantitative estimate of drug-likeness (QED) is 0.233. The van der Waals surface area contributed by atoms with Crippen LogP contribution in [0.15, 0.2) is 54.6 Å². The van der Waals surface area contributed by atoms with E-state index in [-0.39, 0.29) is 68.5 Å². The second-order valence-corrected chi connectivity index (χ2v) is 14.2. The second kappa shape index (κ2) is 12.8. The van der Waals surface area contributed by atoms with E-state index in [1.54, 1.807) is 17.2 Å². The van der Waals surface area contributed by atoms with Crippen molar-refractivity contribution in [3.63, 3.8) is 0 Å². The maximum absolute atomic E-state index is 14.4. The number of aromatic hydroxyl groups is 1. The van der Waals surface area contributed by atoms with Crippen molar-refractivity contribution in [3.8, 4) is 5.75 Å². The molecule has 0 radical (unpaired) electrons. The molecule has 3 saturated carbocycles. The topological polar surface area (TPSA) is 156 Å². The number of nitrogens with one attached hydrogen (secondary N) is 2. The number of hydrogen-bond donors (Lipinski definition) is 4. The van der Waals surface area contributed by atoms with E-state index in [0.717, 1.165) is 42.4 Å². The average molecular weight is 674 g/mol. The van der Waals surface area contributed by atoms with E-state index in [9.17, 15) is 19.5 Å². The van der Waals surface area contributed by atoms with Crippen molar-refractivity contribution >= 4 is 23.9 Å². The number of carbonyl (C=O) groups excluding carboxylic acids is 3. The first kappa shape index (κ1) is 32.4. The number of hydrogen-bond acceptors (Lipinski definition) is 10. The van der Waals surface area contributed by atoms with Crippen LogP contribution in [0.25, 0.3) is 6.08 Å².